The molecule has 0 atom stereocenters. The maximum Gasteiger partial charge on any atom is 0.261 e. The third-order valence-corrected chi connectivity index (χ3v) is 5.28. The lowest BCUT2D eigenvalue weighted by Crippen LogP contribution is -2.27. The second kappa shape index (κ2) is 6.42. The van der Waals surface area contributed by atoms with E-state index in [9.17, 15) is 13.2 Å². The largest absolute Gasteiger partial charge is 0.396 e. The van der Waals surface area contributed by atoms with Crippen molar-refractivity contribution >= 4 is 37.8 Å². The number of carbonyl (C=O) groups excluding carboxylic acids is 1. The van der Waals surface area contributed by atoms with E-state index >= 15 is 0 Å². The molecule has 0 aliphatic rings. The number of nitrogen functional groups attached to an aromatic ring is 1. The molecule has 0 bridgehead atoms. The molecule has 1 rings (SSSR count). The predicted octanol–water partition coefficient (Wildman–Crippen LogP) is 0.305. The second-order valence-corrected chi connectivity index (χ2v) is 7.14. The summed E-state index contributed by atoms with van der Waals surface area (Å²) in [5.41, 5.74) is 10.9. The zero-order valence-corrected chi connectivity index (χ0v) is 13.3. The zero-order valence-electron chi connectivity index (χ0n) is 11.7. The first-order valence-electron chi connectivity index (χ1n) is 5.90. The van der Waals surface area contributed by atoms with Gasteiger partial charge >= 0.3 is 0 Å². The summed E-state index contributed by atoms with van der Waals surface area (Å²) in [7, 11) is -2.00. The Morgan fingerprint density at radius 3 is 2.45 bits per heavy atom. The van der Waals surface area contributed by atoms with Gasteiger partial charge in [0.15, 0.2) is 9.84 Å². The molecule has 0 aliphatic heterocycles. The number of likely N-dealkylation sites (N-methyl/N-ethyl adjacent to an activating group) is 1. The molecule has 20 heavy (non-hydrogen) atoms. The molecule has 0 spiro atoms. The Kier molecular flexibility index (Phi) is 5.37. The highest BCUT2D eigenvalue weighted by Gasteiger charge is 2.28. The molecule has 7 nitrogen and oxygen atoms in total. The van der Waals surface area contributed by atoms with Crippen molar-refractivity contribution in [3.8, 4) is 0 Å². The van der Waals surface area contributed by atoms with Gasteiger partial charge in [0.05, 0.1) is 12.3 Å². The van der Waals surface area contributed by atoms with Gasteiger partial charge in [-0.3, -0.25) is 4.79 Å². The number of nitrogens with zero attached hydrogens (tertiary/aromatic N) is 1. The third kappa shape index (κ3) is 3.41. The van der Waals surface area contributed by atoms with E-state index < -0.39 is 15.7 Å². The van der Waals surface area contributed by atoms with Crippen LogP contribution in [0, 0.1) is 0 Å². The van der Waals surface area contributed by atoms with Crippen molar-refractivity contribution in [2.24, 2.45) is 5.73 Å². The maximum atomic E-state index is 11.9. The van der Waals surface area contributed by atoms with Crippen LogP contribution < -0.4 is 16.4 Å². The fourth-order valence-electron chi connectivity index (χ4n) is 1.77. The highest BCUT2D eigenvalue weighted by Crippen LogP contribution is 2.41. The van der Waals surface area contributed by atoms with Crippen molar-refractivity contribution in [2.45, 2.75) is 11.8 Å². The molecule has 4 N–H and O–H groups in total. The van der Waals surface area contributed by atoms with Gasteiger partial charge in [-0.15, -0.1) is 11.3 Å². The minimum atomic E-state index is -3.56. The van der Waals surface area contributed by atoms with Gasteiger partial charge in [0.2, 0.25) is 0 Å². The van der Waals surface area contributed by atoms with Crippen LogP contribution in [-0.2, 0) is 14.6 Å². The van der Waals surface area contributed by atoms with Crippen LogP contribution in [-0.4, -0.2) is 47.4 Å². The molecule has 1 aromatic heterocycles. The molecule has 0 saturated heterocycles. The number of hydrogen-bond acceptors (Lipinski definition) is 7. The quantitative estimate of drug-likeness (QED) is 0.746. The van der Waals surface area contributed by atoms with Crippen molar-refractivity contribution in [3.05, 3.63) is 4.88 Å². The topological polar surface area (TPSA) is 116 Å². The molecule has 0 unspecified atom stereocenters. The number of anilines is 2. The SMILES string of the molecule is CCN(CCOC)c1sc(C(N)=O)c(N)c1S(C)(=O)=O. The molecule has 114 valence electrons. The lowest BCUT2D eigenvalue weighted by Gasteiger charge is -2.22. The van der Waals surface area contributed by atoms with Crippen LogP contribution in [0.3, 0.4) is 0 Å². The van der Waals surface area contributed by atoms with E-state index in [1.807, 2.05) is 6.92 Å². The first-order valence-corrected chi connectivity index (χ1v) is 8.60. The smallest absolute Gasteiger partial charge is 0.261 e. The third-order valence-electron chi connectivity index (χ3n) is 2.71. The van der Waals surface area contributed by atoms with Crippen molar-refractivity contribution in [1.82, 2.24) is 0 Å². The number of primary amides is 1. The van der Waals surface area contributed by atoms with Crippen LogP contribution in [0.15, 0.2) is 4.90 Å². The summed E-state index contributed by atoms with van der Waals surface area (Å²) in [5.74, 6) is -0.730. The van der Waals surface area contributed by atoms with Crippen LogP contribution in [0.4, 0.5) is 10.7 Å². The lowest BCUT2D eigenvalue weighted by atomic mass is 10.3. The Balaban J connectivity index is 3.44. The number of hydrogen-bond donors (Lipinski definition) is 2. The highest BCUT2D eigenvalue weighted by molar-refractivity contribution is 7.91. The van der Waals surface area contributed by atoms with E-state index in [0.717, 1.165) is 17.6 Å². The molecule has 0 aliphatic carbocycles. The fourth-order valence-corrected chi connectivity index (χ4v) is 4.42. The van der Waals surface area contributed by atoms with Gasteiger partial charge < -0.3 is 21.1 Å². The molecule has 0 radical (unpaired) electrons. The summed E-state index contributed by atoms with van der Waals surface area (Å²) in [6.07, 6.45) is 1.06. The Morgan fingerprint density at radius 1 is 1.45 bits per heavy atom. The van der Waals surface area contributed by atoms with Crippen LogP contribution in [0.2, 0.25) is 0 Å². The number of rotatable bonds is 7. The summed E-state index contributed by atoms with van der Waals surface area (Å²) >= 11 is 0.996. The second-order valence-electron chi connectivity index (χ2n) is 4.19. The lowest BCUT2D eigenvalue weighted by molar-refractivity contribution is 0.100. The van der Waals surface area contributed by atoms with Gasteiger partial charge in [-0.1, -0.05) is 0 Å². The molecule has 1 aromatic rings. The van der Waals surface area contributed by atoms with Crippen molar-refractivity contribution in [2.75, 3.05) is 43.7 Å². The predicted molar refractivity (Wildman–Crippen MR) is 80.1 cm³/mol. The van der Waals surface area contributed by atoms with E-state index in [2.05, 4.69) is 0 Å². The highest BCUT2D eigenvalue weighted by atomic mass is 32.2. The van der Waals surface area contributed by atoms with Gasteiger partial charge in [0, 0.05) is 26.5 Å². The summed E-state index contributed by atoms with van der Waals surface area (Å²) in [4.78, 5) is 13.2. The van der Waals surface area contributed by atoms with E-state index in [4.69, 9.17) is 16.2 Å². The molecule has 9 heteroatoms. The number of ether oxygens (including phenoxy) is 1. The maximum absolute atomic E-state index is 11.9. The standard InChI is InChI=1S/C11H19N3O4S2/c1-4-14(5-6-18-2)11-9(20(3,16)17)7(12)8(19-11)10(13)15/h4-6,12H2,1-3H3,(H2,13,15). The molecule has 1 amide bonds. The number of nitrogens with two attached hydrogens (primary N) is 2. The molecule has 1 heterocycles. The summed E-state index contributed by atoms with van der Waals surface area (Å²) in [6.45, 7) is 3.36. The van der Waals surface area contributed by atoms with Crippen molar-refractivity contribution in [1.29, 1.82) is 0 Å². The van der Waals surface area contributed by atoms with Gasteiger partial charge in [0.1, 0.15) is 14.8 Å². The number of carbonyl (C=O) groups is 1. The monoisotopic (exact) mass is 321 g/mol. The Hall–Kier alpha value is -1.32. The molecule has 0 aromatic carbocycles. The summed E-state index contributed by atoms with van der Waals surface area (Å²) in [5, 5.41) is 0.429. The summed E-state index contributed by atoms with van der Waals surface area (Å²) < 4.78 is 28.8. The normalized spacial score (nSPS) is 11.6. The summed E-state index contributed by atoms with van der Waals surface area (Å²) in [6, 6.07) is 0. The first-order chi connectivity index (χ1) is 9.23. The number of thiophene rings is 1. The minimum Gasteiger partial charge on any atom is -0.396 e. The average molecular weight is 321 g/mol. The van der Waals surface area contributed by atoms with Gasteiger partial charge in [-0.05, 0) is 6.92 Å². The van der Waals surface area contributed by atoms with Crippen LogP contribution in [0.5, 0.6) is 0 Å². The van der Waals surface area contributed by atoms with Crippen molar-refractivity contribution < 1.29 is 17.9 Å². The van der Waals surface area contributed by atoms with Crippen LogP contribution >= 0.6 is 11.3 Å². The van der Waals surface area contributed by atoms with E-state index in [1.165, 1.54) is 0 Å². The zero-order chi connectivity index (χ0) is 15.5. The van der Waals surface area contributed by atoms with E-state index in [-0.39, 0.29) is 15.5 Å². The van der Waals surface area contributed by atoms with Crippen molar-refractivity contribution in [3.63, 3.8) is 0 Å². The Labute approximate surface area is 122 Å². The van der Waals surface area contributed by atoms with Gasteiger partial charge in [0.25, 0.3) is 5.91 Å². The van der Waals surface area contributed by atoms with Crippen LogP contribution in [0.25, 0.3) is 0 Å². The number of amides is 1. The molecular formula is C11H19N3O4S2. The molecule has 0 fully saturated rings. The van der Waals surface area contributed by atoms with E-state index in [1.54, 1.807) is 12.0 Å². The van der Waals surface area contributed by atoms with E-state index in [0.29, 0.717) is 24.7 Å². The molecular weight excluding hydrogens is 302 g/mol. The van der Waals surface area contributed by atoms with Gasteiger partial charge in [-0.25, -0.2) is 8.42 Å². The first kappa shape index (κ1) is 16.7. The molecule has 0 saturated carbocycles. The Morgan fingerprint density at radius 2 is 2.05 bits per heavy atom. The number of methoxy groups -OCH3 is 1. The van der Waals surface area contributed by atoms with Crippen LogP contribution in [0.1, 0.15) is 16.6 Å². The average Bonchev–Trinajstić information content (AvgIpc) is 2.68. The Bertz CT molecular complexity index is 595. The van der Waals surface area contributed by atoms with Gasteiger partial charge in [-0.2, -0.15) is 0 Å². The number of sulfone groups is 1. The minimum absolute atomic E-state index is 0.0331. The fraction of sp³-hybridized carbons (Fsp3) is 0.545.